The van der Waals surface area contributed by atoms with Crippen LogP contribution in [0.2, 0.25) is 0 Å². The summed E-state index contributed by atoms with van der Waals surface area (Å²) in [6.45, 7) is 5.98. The number of hydrogen-bond donors (Lipinski definition) is 4. The molecule has 4 N–H and O–H groups in total. The minimum atomic E-state index is -3.60. The quantitative estimate of drug-likeness (QED) is 0.179. The Balaban J connectivity index is 1.39. The standard InChI is InChI=1S/C31H35F3N6O4S2/c1-5-46(43,44)31(3,4)18-12-21(27(42)26(18)41)38-28-23(29-39-25-22(45-29)8-9-35-24(25)15-6-7-15)14(2)37-30(40-28)36-13-17-19(33)10-16(32)11-20(17)34/h8-11,15,18,21,26-27,41-42H,5-7,12-13H2,1-4H3,(H2,36,37,38,40)/t18-,21+,26+,27-/m0/s1. The van der Waals surface area contributed by atoms with Crippen molar-refractivity contribution in [1.29, 1.82) is 0 Å². The number of benzene rings is 1. The van der Waals surface area contributed by atoms with Crippen LogP contribution in [0, 0.1) is 30.3 Å². The number of sulfone groups is 1. The van der Waals surface area contributed by atoms with Crippen LogP contribution in [0.4, 0.5) is 24.9 Å². The molecule has 0 saturated heterocycles. The molecule has 1 aromatic carbocycles. The molecule has 6 rings (SSSR count). The molecule has 2 fully saturated rings. The Kier molecular flexibility index (Phi) is 8.49. The Labute approximate surface area is 268 Å². The molecule has 46 heavy (non-hydrogen) atoms. The first-order chi connectivity index (χ1) is 21.7. The van der Waals surface area contributed by atoms with Gasteiger partial charge in [-0.1, -0.05) is 6.92 Å². The summed E-state index contributed by atoms with van der Waals surface area (Å²) in [6, 6.07) is 2.25. The number of aromatic nitrogens is 4. The first kappa shape index (κ1) is 32.5. The lowest BCUT2D eigenvalue weighted by molar-refractivity contribution is 0.0105. The highest BCUT2D eigenvalue weighted by Gasteiger charge is 2.53. The minimum Gasteiger partial charge on any atom is -0.390 e. The lowest BCUT2D eigenvalue weighted by atomic mass is 9.91. The molecule has 3 heterocycles. The zero-order valence-corrected chi connectivity index (χ0v) is 27.3. The molecule has 3 aromatic heterocycles. The Bertz CT molecular complexity index is 1890. The second kappa shape index (κ2) is 12.0. The van der Waals surface area contributed by atoms with Crippen LogP contribution in [0.15, 0.2) is 24.4 Å². The summed E-state index contributed by atoms with van der Waals surface area (Å²) in [5.41, 5.74) is 2.27. The molecule has 4 atom stereocenters. The summed E-state index contributed by atoms with van der Waals surface area (Å²) in [5, 5.41) is 28.8. The zero-order valence-electron chi connectivity index (χ0n) is 25.7. The van der Waals surface area contributed by atoms with E-state index in [0.29, 0.717) is 34.3 Å². The largest absolute Gasteiger partial charge is 0.390 e. The van der Waals surface area contributed by atoms with Gasteiger partial charge in [0.1, 0.15) is 39.9 Å². The van der Waals surface area contributed by atoms with Crippen LogP contribution in [0.25, 0.3) is 20.8 Å². The van der Waals surface area contributed by atoms with E-state index in [-0.39, 0.29) is 30.5 Å². The normalized spacial score (nSPS) is 22.0. The van der Waals surface area contributed by atoms with Gasteiger partial charge in [0.25, 0.3) is 0 Å². The molecule has 246 valence electrons. The maximum absolute atomic E-state index is 14.4. The molecule has 2 saturated carbocycles. The Morgan fingerprint density at radius 1 is 1.07 bits per heavy atom. The Hall–Kier alpha value is -3.40. The number of pyridine rings is 1. The van der Waals surface area contributed by atoms with Crippen molar-refractivity contribution in [2.75, 3.05) is 16.4 Å². The fourth-order valence-corrected chi connectivity index (χ4v) is 8.71. The molecule has 0 amide bonds. The van der Waals surface area contributed by atoms with Crippen molar-refractivity contribution >= 4 is 43.2 Å². The van der Waals surface area contributed by atoms with Gasteiger partial charge in [-0.25, -0.2) is 31.6 Å². The van der Waals surface area contributed by atoms with Gasteiger partial charge >= 0.3 is 0 Å². The summed E-state index contributed by atoms with van der Waals surface area (Å²) < 4.78 is 67.7. The first-order valence-corrected chi connectivity index (χ1v) is 17.5. The van der Waals surface area contributed by atoms with Crippen LogP contribution in [0.3, 0.4) is 0 Å². The summed E-state index contributed by atoms with van der Waals surface area (Å²) in [6.07, 6.45) is 1.27. The number of halogens is 3. The molecule has 2 aliphatic rings. The number of aliphatic hydroxyl groups is 2. The van der Waals surface area contributed by atoms with E-state index in [9.17, 15) is 31.8 Å². The smallest absolute Gasteiger partial charge is 0.225 e. The first-order valence-electron chi connectivity index (χ1n) is 15.1. The van der Waals surface area contributed by atoms with E-state index in [2.05, 4.69) is 25.6 Å². The van der Waals surface area contributed by atoms with E-state index >= 15 is 0 Å². The van der Waals surface area contributed by atoms with Crippen LogP contribution in [0.1, 0.15) is 62.9 Å². The Morgan fingerprint density at radius 2 is 1.76 bits per heavy atom. The van der Waals surface area contributed by atoms with E-state index in [0.717, 1.165) is 28.8 Å². The van der Waals surface area contributed by atoms with Gasteiger partial charge in [-0.2, -0.15) is 4.98 Å². The van der Waals surface area contributed by atoms with Gasteiger partial charge < -0.3 is 20.8 Å². The van der Waals surface area contributed by atoms with Crippen LogP contribution in [0.5, 0.6) is 0 Å². The van der Waals surface area contributed by atoms with Crippen molar-refractivity contribution in [2.24, 2.45) is 5.92 Å². The van der Waals surface area contributed by atoms with E-state index < -0.39 is 61.8 Å². The second-order valence-corrected chi connectivity index (χ2v) is 16.4. The van der Waals surface area contributed by atoms with Gasteiger partial charge in [0.2, 0.25) is 5.95 Å². The lowest BCUT2D eigenvalue weighted by Gasteiger charge is -2.33. The van der Waals surface area contributed by atoms with Crippen molar-refractivity contribution in [3.63, 3.8) is 0 Å². The summed E-state index contributed by atoms with van der Waals surface area (Å²) in [5.74, 6) is -3.50. The second-order valence-electron chi connectivity index (χ2n) is 12.5. The van der Waals surface area contributed by atoms with Crippen LogP contribution in [-0.4, -0.2) is 67.3 Å². The predicted molar refractivity (Wildman–Crippen MR) is 170 cm³/mol. The van der Waals surface area contributed by atoms with Gasteiger partial charge in [0.05, 0.1) is 38.5 Å². The minimum absolute atomic E-state index is 0.00759. The predicted octanol–water partition coefficient (Wildman–Crippen LogP) is 5.10. The number of nitrogens with zero attached hydrogens (tertiary/aromatic N) is 4. The van der Waals surface area contributed by atoms with E-state index in [1.807, 2.05) is 6.07 Å². The Morgan fingerprint density at radius 3 is 2.41 bits per heavy atom. The average molecular weight is 677 g/mol. The molecule has 0 radical (unpaired) electrons. The SMILES string of the molecule is CCS(=O)(=O)C(C)(C)[C@H]1C[C@@H](Nc2nc(NCc3c(F)cc(F)cc3F)nc(C)c2-c2nc3c(C4CC4)nccc3s2)[C@H](O)[C@@H]1O. The number of aliphatic hydroxyl groups excluding tert-OH is 2. The van der Waals surface area contributed by atoms with Crippen molar-refractivity contribution in [2.45, 2.75) is 82.4 Å². The fraction of sp³-hybridized carbons (Fsp3) is 0.484. The van der Waals surface area contributed by atoms with Crippen molar-refractivity contribution in [3.05, 3.63) is 58.8 Å². The molecule has 0 spiro atoms. The average Bonchev–Trinajstić information content (AvgIpc) is 3.68. The summed E-state index contributed by atoms with van der Waals surface area (Å²) in [4.78, 5) is 18.6. The maximum Gasteiger partial charge on any atom is 0.225 e. The molecular formula is C31H35F3N6O4S2. The lowest BCUT2D eigenvalue weighted by Crippen LogP contribution is -2.46. The maximum atomic E-state index is 14.4. The van der Waals surface area contributed by atoms with E-state index in [1.165, 1.54) is 11.3 Å². The van der Waals surface area contributed by atoms with Gasteiger partial charge in [-0.05, 0) is 46.1 Å². The number of hydrogen-bond acceptors (Lipinski definition) is 11. The van der Waals surface area contributed by atoms with Gasteiger partial charge in [-0.15, -0.1) is 11.3 Å². The topological polar surface area (TPSA) is 150 Å². The zero-order chi connectivity index (χ0) is 33.1. The molecule has 2 aliphatic carbocycles. The number of nitrogens with one attached hydrogen (secondary N) is 2. The van der Waals surface area contributed by atoms with Crippen LogP contribution >= 0.6 is 11.3 Å². The molecule has 4 aromatic rings. The molecule has 0 bridgehead atoms. The molecule has 0 aliphatic heterocycles. The highest BCUT2D eigenvalue weighted by molar-refractivity contribution is 7.92. The number of fused-ring (bicyclic) bond motifs is 1. The highest BCUT2D eigenvalue weighted by atomic mass is 32.2. The van der Waals surface area contributed by atoms with Crippen molar-refractivity contribution < 1.29 is 31.8 Å². The molecule has 0 unspecified atom stereocenters. The van der Waals surface area contributed by atoms with Gasteiger partial charge in [-0.3, -0.25) is 4.98 Å². The van der Waals surface area contributed by atoms with Gasteiger partial charge in [0.15, 0.2) is 9.84 Å². The van der Waals surface area contributed by atoms with Crippen LogP contribution in [-0.2, 0) is 16.4 Å². The summed E-state index contributed by atoms with van der Waals surface area (Å²) >= 11 is 1.41. The number of anilines is 2. The third-order valence-electron chi connectivity index (χ3n) is 9.21. The molecular weight excluding hydrogens is 642 g/mol. The van der Waals surface area contributed by atoms with Crippen LogP contribution < -0.4 is 10.6 Å². The third kappa shape index (κ3) is 5.82. The van der Waals surface area contributed by atoms with Crippen molar-refractivity contribution in [3.8, 4) is 10.6 Å². The van der Waals surface area contributed by atoms with Gasteiger partial charge in [0, 0.05) is 48.0 Å². The monoisotopic (exact) mass is 676 g/mol. The number of aryl methyl sites for hydroxylation is 1. The third-order valence-corrected chi connectivity index (χ3v) is 12.9. The molecule has 15 heteroatoms. The highest BCUT2D eigenvalue weighted by Crippen LogP contribution is 2.45. The number of rotatable bonds is 10. The van der Waals surface area contributed by atoms with E-state index in [4.69, 9.17) is 4.98 Å². The summed E-state index contributed by atoms with van der Waals surface area (Å²) in [7, 11) is -3.60. The molecule has 10 nitrogen and oxygen atoms in total. The number of thiazole rings is 1. The van der Waals surface area contributed by atoms with E-state index in [1.54, 1.807) is 33.9 Å². The fourth-order valence-electron chi connectivity index (χ4n) is 6.20. The van der Waals surface area contributed by atoms with Crippen molar-refractivity contribution in [1.82, 2.24) is 19.9 Å².